The van der Waals surface area contributed by atoms with Crippen LogP contribution in [0.15, 0.2) is 53.4 Å². The van der Waals surface area contributed by atoms with Crippen LogP contribution < -0.4 is 0 Å². The molecule has 19 heavy (non-hydrogen) atoms. The van der Waals surface area contributed by atoms with Crippen molar-refractivity contribution in [2.45, 2.75) is 10.8 Å². The van der Waals surface area contributed by atoms with E-state index < -0.39 is 0 Å². The maximum absolute atomic E-state index is 6.18. The Hall–Kier alpha value is -0.150. The number of hydrogen-bond acceptors (Lipinski definition) is 1. The molecule has 0 nitrogen and oxygen atoms in total. The summed E-state index contributed by atoms with van der Waals surface area (Å²) < 4.78 is 0. The SMILES string of the molecule is Clc1ccc(Cl)c(SCC(CBr)c2ccccc2)c1. The summed E-state index contributed by atoms with van der Waals surface area (Å²) >= 11 is 17.5. The molecule has 0 aliphatic rings. The first-order valence-electron chi connectivity index (χ1n) is 5.89. The zero-order valence-corrected chi connectivity index (χ0v) is 14.1. The Labute approximate surface area is 136 Å². The van der Waals surface area contributed by atoms with E-state index in [1.165, 1.54) is 5.56 Å². The summed E-state index contributed by atoms with van der Waals surface area (Å²) in [7, 11) is 0. The van der Waals surface area contributed by atoms with Crippen molar-refractivity contribution in [2.75, 3.05) is 11.1 Å². The summed E-state index contributed by atoms with van der Waals surface area (Å²) in [5.41, 5.74) is 1.34. The molecule has 1 atom stereocenters. The van der Waals surface area contributed by atoms with E-state index in [4.69, 9.17) is 23.2 Å². The molecule has 0 aromatic heterocycles. The van der Waals surface area contributed by atoms with Gasteiger partial charge in [-0.1, -0.05) is 69.5 Å². The van der Waals surface area contributed by atoms with Gasteiger partial charge in [-0.25, -0.2) is 0 Å². The van der Waals surface area contributed by atoms with E-state index in [2.05, 4.69) is 40.2 Å². The van der Waals surface area contributed by atoms with Gasteiger partial charge in [0.05, 0.1) is 5.02 Å². The third-order valence-corrected chi connectivity index (χ3v) is 5.47. The number of halogens is 3. The highest BCUT2D eigenvalue weighted by Gasteiger charge is 2.11. The van der Waals surface area contributed by atoms with Crippen LogP contribution in [-0.4, -0.2) is 11.1 Å². The van der Waals surface area contributed by atoms with Crippen molar-refractivity contribution in [3.05, 3.63) is 64.1 Å². The first-order chi connectivity index (χ1) is 9.20. The van der Waals surface area contributed by atoms with Crippen LogP contribution in [0, 0.1) is 0 Å². The third kappa shape index (κ3) is 4.42. The third-order valence-electron chi connectivity index (χ3n) is 2.79. The monoisotopic (exact) mass is 374 g/mol. The number of thioether (sulfide) groups is 1. The molecule has 0 fully saturated rings. The van der Waals surface area contributed by atoms with Crippen LogP contribution in [0.3, 0.4) is 0 Å². The zero-order chi connectivity index (χ0) is 13.7. The van der Waals surface area contributed by atoms with Crippen LogP contribution in [-0.2, 0) is 0 Å². The minimum Gasteiger partial charge on any atom is -0.124 e. The molecule has 0 saturated carbocycles. The second kappa shape index (κ2) is 7.58. The molecule has 2 aromatic carbocycles. The number of rotatable bonds is 5. The van der Waals surface area contributed by atoms with Gasteiger partial charge in [0.25, 0.3) is 0 Å². The van der Waals surface area contributed by atoms with Crippen molar-refractivity contribution in [3.63, 3.8) is 0 Å². The Kier molecular flexibility index (Phi) is 6.08. The second-order valence-corrected chi connectivity index (χ2v) is 6.70. The smallest absolute Gasteiger partial charge is 0.0542 e. The van der Waals surface area contributed by atoms with Crippen LogP contribution in [0.25, 0.3) is 0 Å². The molecule has 0 amide bonds. The summed E-state index contributed by atoms with van der Waals surface area (Å²) in [5, 5.41) is 2.42. The lowest BCUT2D eigenvalue weighted by atomic mass is 10.0. The van der Waals surface area contributed by atoms with E-state index in [-0.39, 0.29) is 0 Å². The van der Waals surface area contributed by atoms with Gasteiger partial charge < -0.3 is 0 Å². The van der Waals surface area contributed by atoms with Crippen molar-refractivity contribution in [2.24, 2.45) is 0 Å². The molecule has 0 N–H and O–H groups in total. The average molecular weight is 376 g/mol. The van der Waals surface area contributed by atoms with Gasteiger partial charge in [-0.3, -0.25) is 0 Å². The molecule has 0 spiro atoms. The molecule has 0 aliphatic carbocycles. The average Bonchev–Trinajstić information content (AvgIpc) is 2.44. The molecule has 1 unspecified atom stereocenters. The topological polar surface area (TPSA) is 0 Å². The lowest BCUT2D eigenvalue weighted by molar-refractivity contribution is 0.902. The van der Waals surface area contributed by atoms with Crippen molar-refractivity contribution >= 4 is 50.9 Å². The van der Waals surface area contributed by atoms with Gasteiger partial charge in [0.15, 0.2) is 0 Å². The lowest BCUT2D eigenvalue weighted by Crippen LogP contribution is -2.03. The molecule has 0 aliphatic heterocycles. The summed E-state index contributed by atoms with van der Waals surface area (Å²) in [6, 6.07) is 16.1. The second-order valence-electron chi connectivity index (χ2n) is 4.15. The van der Waals surface area contributed by atoms with Crippen molar-refractivity contribution < 1.29 is 0 Å². The van der Waals surface area contributed by atoms with Gasteiger partial charge in [-0.2, -0.15) is 0 Å². The van der Waals surface area contributed by atoms with Gasteiger partial charge in [0.1, 0.15) is 0 Å². The van der Waals surface area contributed by atoms with E-state index in [9.17, 15) is 0 Å². The number of benzene rings is 2. The Balaban J connectivity index is 2.06. The maximum atomic E-state index is 6.18. The Morgan fingerprint density at radius 1 is 1.05 bits per heavy atom. The molecule has 0 heterocycles. The summed E-state index contributed by atoms with van der Waals surface area (Å²) in [6.07, 6.45) is 0. The van der Waals surface area contributed by atoms with Crippen LogP contribution in [0.4, 0.5) is 0 Å². The quantitative estimate of drug-likeness (QED) is 0.438. The summed E-state index contributed by atoms with van der Waals surface area (Å²) in [4.78, 5) is 1.04. The van der Waals surface area contributed by atoms with Gasteiger partial charge in [-0.15, -0.1) is 11.8 Å². The molecule has 4 heteroatoms. The van der Waals surface area contributed by atoms with Crippen LogP contribution in [0.1, 0.15) is 11.5 Å². The molecule has 2 rings (SSSR count). The fourth-order valence-corrected chi connectivity index (χ4v) is 4.26. The van der Waals surface area contributed by atoms with Gasteiger partial charge in [0.2, 0.25) is 0 Å². The van der Waals surface area contributed by atoms with Crippen molar-refractivity contribution in [1.29, 1.82) is 0 Å². The first-order valence-corrected chi connectivity index (χ1v) is 8.75. The molecule has 0 radical (unpaired) electrons. The highest BCUT2D eigenvalue weighted by Crippen LogP contribution is 2.33. The molecular formula is C15H13BrCl2S. The molecule has 0 bridgehead atoms. The largest absolute Gasteiger partial charge is 0.124 e. The van der Waals surface area contributed by atoms with Crippen LogP contribution in [0.5, 0.6) is 0 Å². The van der Waals surface area contributed by atoms with Crippen molar-refractivity contribution in [1.82, 2.24) is 0 Å². The summed E-state index contributed by atoms with van der Waals surface area (Å²) in [6.45, 7) is 0. The predicted molar refractivity (Wildman–Crippen MR) is 90.2 cm³/mol. The Bertz CT molecular complexity index is 531. The lowest BCUT2D eigenvalue weighted by Gasteiger charge is -2.14. The minimum absolute atomic E-state index is 0.459. The van der Waals surface area contributed by atoms with Crippen LogP contribution >= 0.6 is 50.9 Å². The van der Waals surface area contributed by atoms with Gasteiger partial charge >= 0.3 is 0 Å². The Morgan fingerprint density at radius 2 is 1.79 bits per heavy atom. The van der Waals surface area contributed by atoms with Gasteiger partial charge in [-0.05, 0) is 23.8 Å². The molecule has 0 saturated heterocycles. The maximum Gasteiger partial charge on any atom is 0.0542 e. The van der Waals surface area contributed by atoms with E-state index in [1.807, 2.05) is 24.3 Å². The fraction of sp³-hybridized carbons (Fsp3) is 0.200. The number of hydrogen-bond donors (Lipinski definition) is 0. The van der Waals surface area contributed by atoms with E-state index in [0.717, 1.165) is 26.0 Å². The minimum atomic E-state index is 0.459. The highest BCUT2D eigenvalue weighted by molar-refractivity contribution is 9.09. The zero-order valence-electron chi connectivity index (χ0n) is 10.2. The fourth-order valence-electron chi connectivity index (χ4n) is 1.73. The standard InChI is InChI=1S/C15H13BrCl2S/c16-9-12(11-4-2-1-3-5-11)10-19-15-8-13(17)6-7-14(15)18/h1-8,12H,9-10H2. The first kappa shape index (κ1) is 15.2. The normalized spacial score (nSPS) is 12.4. The van der Waals surface area contributed by atoms with E-state index in [0.29, 0.717) is 5.92 Å². The highest BCUT2D eigenvalue weighted by atomic mass is 79.9. The number of alkyl halides is 1. The molecule has 100 valence electrons. The molecule has 2 aromatic rings. The summed E-state index contributed by atoms with van der Waals surface area (Å²) in [5.74, 6) is 1.43. The van der Waals surface area contributed by atoms with Crippen LogP contribution in [0.2, 0.25) is 10.0 Å². The Morgan fingerprint density at radius 3 is 2.47 bits per heavy atom. The molecular weight excluding hydrogens is 363 g/mol. The van der Waals surface area contributed by atoms with Crippen molar-refractivity contribution in [3.8, 4) is 0 Å². The predicted octanol–water partition coefficient (Wildman–Crippen LogP) is 6.26. The van der Waals surface area contributed by atoms with E-state index >= 15 is 0 Å². The van der Waals surface area contributed by atoms with E-state index in [1.54, 1.807) is 11.8 Å². The van der Waals surface area contributed by atoms with Gasteiger partial charge in [0, 0.05) is 26.9 Å².